The molecule has 3 fully saturated rings. The normalized spacial score (nSPS) is 35.1. The maximum atomic E-state index is 7.11. The Morgan fingerprint density at radius 3 is 2.42 bits per heavy atom. The SMILES string of the molecule is CC[Si](CC)(CC)OC1CCCC2(C)C(C(C)CCCCOC3CCCCO3)CCC12. The lowest BCUT2D eigenvalue weighted by Crippen LogP contribution is -2.48. The molecule has 0 aromatic carbocycles. The van der Waals surface area contributed by atoms with Crippen LogP contribution in [0, 0.1) is 23.2 Å². The van der Waals surface area contributed by atoms with Crippen molar-refractivity contribution in [3.05, 3.63) is 0 Å². The van der Waals surface area contributed by atoms with Crippen molar-refractivity contribution in [2.24, 2.45) is 23.2 Å². The van der Waals surface area contributed by atoms with Crippen LogP contribution in [0.15, 0.2) is 0 Å². The second-order valence-corrected chi connectivity index (χ2v) is 16.0. The molecule has 1 heterocycles. The van der Waals surface area contributed by atoms with Gasteiger partial charge in [-0.1, -0.05) is 53.9 Å². The van der Waals surface area contributed by atoms with Crippen LogP contribution in [0.1, 0.15) is 105 Å². The number of unbranched alkanes of at least 4 members (excludes halogenated alkanes) is 1. The highest BCUT2D eigenvalue weighted by atomic mass is 28.4. The molecule has 31 heavy (non-hydrogen) atoms. The highest BCUT2D eigenvalue weighted by molar-refractivity contribution is 6.73. The molecule has 3 aliphatic rings. The fraction of sp³-hybridized carbons (Fsp3) is 1.00. The van der Waals surface area contributed by atoms with E-state index in [2.05, 4.69) is 34.6 Å². The zero-order chi connectivity index (χ0) is 22.3. The summed E-state index contributed by atoms with van der Waals surface area (Å²) in [6.45, 7) is 14.1. The standard InChI is InChI=1S/C27H52O3Si/c1-6-31(7-2,8-3)30-25-15-13-19-27(5)23(17-18-24(25)27)22(4)14-9-11-20-28-26-16-10-12-21-29-26/h22-26H,6-21H2,1-5H3. The molecule has 0 amide bonds. The zero-order valence-electron chi connectivity index (χ0n) is 21.4. The van der Waals surface area contributed by atoms with E-state index in [-0.39, 0.29) is 6.29 Å². The van der Waals surface area contributed by atoms with Crippen LogP contribution >= 0.6 is 0 Å². The summed E-state index contributed by atoms with van der Waals surface area (Å²) in [5, 5.41) is 0. The minimum atomic E-state index is -1.52. The molecule has 0 aromatic heterocycles. The molecule has 4 heteroatoms. The van der Waals surface area contributed by atoms with Crippen molar-refractivity contribution < 1.29 is 13.9 Å². The summed E-state index contributed by atoms with van der Waals surface area (Å²) >= 11 is 0. The molecule has 0 bridgehead atoms. The zero-order valence-corrected chi connectivity index (χ0v) is 22.4. The quantitative estimate of drug-likeness (QED) is 0.222. The predicted molar refractivity (Wildman–Crippen MR) is 133 cm³/mol. The third kappa shape index (κ3) is 6.16. The fourth-order valence-electron chi connectivity index (χ4n) is 7.38. The maximum Gasteiger partial charge on any atom is 0.192 e. The Bertz CT molecular complexity index is 508. The number of hydrogen-bond acceptors (Lipinski definition) is 3. The highest BCUT2D eigenvalue weighted by Crippen LogP contribution is 2.59. The van der Waals surface area contributed by atoms with E-state index in [1.807, 2.05) is 0 Å². The van der Waals surface area contributed by atoms with Crippen molar-refractivity contribution in [1.82, 2.24) is 0 Å². The van der Waals surface area contributed by atoms with E-state index in [1.54, 1.807) is 0 Å². The largest absolute Gasteiger partial charge is 0.414 e. The molecular formula is C27H52O3Si. The van der Waals surface area contributed by atoms with Crippen LogP contribution in [0.2, 0.25) is 18.1 Å². The summed E-state index contributed by atoms with van der Waals surface area (Å²) in [7, 11) is -1.52. The van der Waals surface area contributed by atoms with Crippen molar-refractivity contribution in [2.75, 3.05) is 13.2 Å². The Hall–Kier alpha value is 0.0969. The molecule has 3 nitrogen and oxygen atoms in total. The van der Waals surface area contributed by atoms with Gasteiger partial charge in [0.25, 0.3) is 0 Å². The molecule has 1 aliphatic heterocycles. The second-order valence-electron chi connectivity index (χ2n) is 11.2. The Labute approximate surface area is 194 Å². The predicted octanol–water partition coefficient (Wildman–Crippen LogP) is 7.94. The molecule has 6 unspecified atom stereocenters. The van der Waals surface area contributed by atoms with Crippen molar-refractivity contribution >= 4 is 8.32 Å². The molecule has 1 saturated heterocycles. The lowest BCUT2D eigenvalue weighted by Gasteiger charge is -2.49. The van der Waals surface area contributed by atoms with Crippen LogP contribution < -0.4 is 0 Å². The van der Waals surface area contributed by atoms with E-state index in [1.165, 1.54) is 82.3 Å². The molecule has 3 rings (SSSR count). The monoisotopic (exact) mass is 452 g/mol. The first-order chi connectivity index (χ1) is 15.0. The van der Waals surface area contributed by atoms with Crippen molar-refractivity contribution in [3.63, 3.8) is 0 Å². The molecule has 0 radical (unpaired) electrons. The number of rotatable bonds is 12. The molecular weight excluding hydrogens is 400 g/mol. The number of hydrogen-bond donors (Lipinski definition) is 0. The summed E-state index contributed by atoms with van der Waals surface area (Å²) in [4.78, 5) is 0. The van der Waals surface area contributed by atoms with Gasteiger partial charge in [-0.05, 0) is 92.7 Å². The van der Waals surface area contributed by atoms with E-state index >= 15 is 0 Å². The molecule has 0 spiro atoms. The van der Waals surface area contributed by atoms with E-state index in [4.69, 9.17) is 13.9 Å². The van der Waals surface area contributed by atoms with Crippen molar-refractivity contribution in [3.8, 4) is 0 Å². The van der Waals surface area contributed by atoms with Gasteiger partial charge in [0.05, 0.1) is 0 Å². The third-order valence-corrected chi connectivity index (χ3v) is 14.3. The molecule has 0 N–H and O–H groups in total. The van der Waals surface area contributed by atoms with E-state index in [0.29, 0.717) is 11.5 Å². The molecule has 182 valence electrons. The van der Waals surface area contributed by atoms with Gasteiger partial charge in [0.15, 0.2) is 14.6 Å². The lowest BCUT2D eigenvalue weighted by molar-refractivity contribution is -0.162. The first-order valence-electron chi connectivity index (χ1n) is 13.9. The minimum Gasteiger partial charge on any atom is -0.414 e. The summed E-state index contributed by atoms with van der Waals surface area (Å²) in [6.07, 6.45) is 14.9. The van der Waals surface area contributed by atoms with Crippen LogP contribution in [0.25, 0.3) is 0 Å². The van der Waals surface area contributed by atoms with Gasteiger partial charge in [0, 0.05) is 19.3 Å². The fourth-order valence-corrected chi connectivity index (χ4v) is 10.3. The summed E-state index contributed by atoms with van der Waals surface area (Å²) < 4.78 is 18.8. The molecule has 0 aromatic rings. The van der Waals surface area contributed by atoms with Gasteiger partial charge < -0.3 is 13.9 Å². The highest BCUT2D eigenvalue weighted by Gasteiger charge is 2.53. The summed E-state index contributed by atoms with van der Waals surface area (Å²) in [5.41, 5.74) is 0.504. The van der Waals surface area contributed by atoms with Crippen LogP contribution in [0.3, 0.4) is 0 Å². The van der Waals surface area contributed by atoms with Gasteiger partial charge >= 0.3 is 0 Å². The Balaban J connectivity index is 1.47. The van der Waals surface area contributed by atoms with Gasteiger partial charge in [-0.2, -0.15) is 0 Å². The van der Waals surface area contributed by atoms with E-state index < -0.39 is 8.32 Å². The maximum absolute atomic E-state index is 7.11. The summed E-state index contributed by atoms with van der Waals surface area (Å²) in [5.74, 6) is 2.51. The smallest absolute Gasteiger partial charge is 0.192 e. The number of fused-ring (bicyclic) bond motifs is 1. The Morgan fingerprint density at radius 1 is 0.968 bits per heavy atom. The van der Waals surface area contributed by atoms with Gasteiger partial charge in [0.2, 0.25) is 0 Å². The van der Waals surface area contributed by atoms with E-state index in [9.17, 15) is 0 Å². The first kappa shape index (κ1) is 25.7. The molecule has 2 aliphatic carbocycles. The number of ether oxygens (including phenoxy) is 2. The second kappa shape index (κ2) is 12.0. The van der Waals surface area contributed by atoms with E-state index in [0.717, 1.165) is 37.4 Å². The van der Waals surface area contributed by atoms with Crippen LogP contribution in [0.5, 0.6) is 0 Å². The lowest BCUT2D eigenvalue weighted by atomic mass is 9.61. The first-order valence-corrected chi connectivity index (χ1v) is 16.4. The summed E-state index contributed by atoms with van der Waals surface area (Å²) in [6, 6.07) is 3.86. The van der Waals surface area contributed by atoms with Crippen LogP contribution in [0.4, 0.5) is 0 Å². The molecule has 2 saturated carbocycles. The van der Waals surface area contributed by atoms with Gasteiger partial charge in [-0.3, -0.25) is 0 Å². The topological polar surface area (TPSA) is 27.7 Å². The van der Waals surface area contributed by atoms with Crippen molar-refractivity contribution in [1.29, 1.82) is 0 Å². The average molecular weight is 453 g/mol. The van der Waals surface area contributed by atoms with Crippen LogP contribution in [-0.2, 0) is 13.9 Å². The average Bonchev–Trinajstić information content (AvgIpc) is 3.16. The third-order valence-electron chi connectivity index (χ3n) is 9.65. The van der Waals surface area contributed by atoms with Gasteiger partial charge in [-0.25, -0.2) is 0 Å². The minimum absolute atomic E-state index is 0.0740. The van der Waals surface area contributed by atoms with Gasteiger partial charge in [-0.15, -0.1) is 0 Å². The van der Waals surface area contributed by atoms with Gasteiger partial charge in [0.1, 0.15) is 0 Å². The molecule has 6 atom stereocenters. The van der Waals surface area contributed by atoms with Crippen LogP contribution in [-0.4, -0.2) is 33.9 Å². The Morgan fingerprint density at radius 2 is 1.74 bits per heavy atom. The Kier molecular flexibility index (Phi) is 9.95. The van der Waals surface area contributed by atoms with Crippen molar-refractivity contribution in [2.45, 2.75) is 136 Å².